The van der Waals surface area contributed by atoms with Gasteiger partial charge in [0, 0.05) is 0 Å². The average molecular weight is 314 g/mol. The molecule has 23 heavy (non-hydrogen) atoms. The first-order valence-electron chi connectivity index (χ1n) is 7.38. The van der Waals surface area contributed by atoms with Crippen molar-refractivity contribution in [3.05, 3.63) is 70.5 Å². The van der Waals surface area contributed by atoms with Gasteiger partial charge in [-0.15, -0.1) is 0 Å². The minimum Gasteiger partial charge on any atom is -0.392 e. The van der Waals surface area contributed by atoms with Gasteiger partial charge in [-0.1, -0.05) is 18.2 Å². The summed E-state index contributed by atoms with van der Waals surface area (Å²) in [5, 5.41) is 29.9. The molecule has 0 aromatic heterocycles. The third-order valence-corrected chi connectivity index (χ3v) is 3.91. The average Bonchev–Trinajstić information content (AvgIpc) is 2.59. The van der Waals surface area contributed by atoms with E-state index in [-0.39, 0.29) is 6.61 Å². The summed E-state index contributed by atoms with van der Waals surface area (Å²) >= 11 is 0. The molecule has 120 valence electrons. The van der Waals surface area contributed by atoms with Crippen LogP contribution in [0, 0.1) is 17.1 Å². The van der Waals surface area contributed by atoms with Crippen LogP contribution in [0.5, 0.6) is 0 Å². The van der Waals surface area contributed by atoms with E-state index in [1.807, 2.05) is 6.07 Å². The smallest absolute Gasteiger partial charge is 0.123 e. The van der Waals surface area contributed by atoms with Gasteiger partial charge in [-0.2, -0.15) is 5.26 Å². The van der Waals surface area contributed by atoms with E-state index in [4.69, 9.17) is 11.0 Å². The molecular weight excluding hydrogens is 295 g/mol. The highest BCUT2D eigenvalue weighted by Crippen LogP contribution is 2.36. The number of hydrogen-bond acceptors (Lipinski definition) is 4. The van der Waals surface area contributed by atoms with E-state index in [0.717, 1.165) is 0 Å². The van der Waals surface area contributed by atoms with E-state index in [2.05, 4.69) is 0 Å². The van der Waals surface area contributed by atoms with Crippen molar-refractivity contribution in [2.24, 2.45) is 5.73 Å². The first-order chi connectivity index (χ1) is 11.0. The molecule has 2 aromatic rings. The Bertz CT molecular complexity index is 710. The van der Waals surface area contributed by atoms with E-state index in [1.54, 1.807) is 18.2 Å². The van der Waals surface area contributed by atoms with Crippen molar-refractivity contribution in [2.45, 2.75) is 25.0 Å². The Kier molecular flexibility index (Phi) is 5.45. The molecule has 0 bridgehead atoms. The molecule has 1 atom stereocenters. The third-order valence-electron chi connectivity index (χ3n) is 3.91. The number of nitriles is 1. The highest BCUT2D eigenvalue weighted by Gasteiger charge is 2.33. The van der Waals surface area contributed by atoms with Gasteiger partial charge in [0.1, 0.15) is 11.4 Å². The van der Waals surface area contributed by atoms with Gasteiger partial charge in [-0.05, 0) is 60.3 Å². The second kappa shape index (κ2) is 7.34. The Morgan fingerprint density at radius 2 is 1.87 bits per heavy atom. The zero-order chi connectivity index (χ0) is 16.9. The van der Waals surface area contributed by atoms with Gasteiger partial charge in [0.2, 0.25) is 0 Å². The Morgan fingerprint density at radius 1 is 1.17 bits per heavy atom. The minimum atomic E-state index is -1.40. The third kappa shape index (κ3) is 3.57. The molecule has 0 aliphatic rings. The number of hydrogen-bond donors (Lipinski definition) is 3. The molecule has 2 rings (SSSR count). The van der Waals surface area contributed by atoms with Crippen LogP contribution >= 0.6 is 0 Å². The normalized spacial score (nSPS) is 13.3. The van der Waals surface area contributed by atoms with E-state index in [0.29, 0.717) is 41.6 Å². The molecule has 0 saturated carbocycles. The lowest BCUT2D eigenvalue weighted by atomic mass is 9.80. The summed E-state index contributed by atoms with van der Waals surface area (Å²) in [7, 11) is 0. The molecule has 0 heterocycles. The molecule has 5 heteroatoms. The summed E-state index contributed by atoms with van der Waals surface area (Å²) in [4.78, 5) is 0. The Labute approximate surface area is 134 Å². The number of rotatable bonds is 6. The topological polar surface area (TPSA) is 90.3 Å². The van der Waals surface area contributed by atoms with Crippen LogP contribution in [0.1, 0.15) is 35.1 Å². The van der Waals surface area contributed by atoms with E-state index in [1.165, 1.54) is 24.3 Å². The number of nitrogens with zero attached hydrogens (tertiary/aromatic N) is 1. The van der Waals surface area contributed by atoms with Crippen molar-refractivity contribution in [2.75, 3.05) is 6.54 Å². The molecule has 0 aliphatic carbocycles. The lowest BCUT2D eigenvalue weighted by Gasteiger charge is -2.31. The molecular formula is C18H19FN2O2. The fourth-order valence-electron chi connectivity index (χ4n) is 2.72. The second-order valence-corrected chi connectivity index (χ2v) is 5.40. The Balaban J connectivity index is 2.58. The van der Waals surface area contributed by atoms with Crippen LogP contribution in [-0.4, -0.2) is 16.8 Å². The number of benzene rings is 2. The SMILES string of the molecule is N#Cc1ccc([C@@](O)(CCCN)c2ccc(F)cc2)c(CO)c1. The zero-order valence-electron chi connectivity index (χ0n) is 12.7. The summed E-state index contributed by atoms with van der Waals surface area (Å²) in [5.41, 5.74) is 6.05. The Morgan fingerprint density at radius 3 is 2.43 bits per heavy atom. The first-order valence-corrected chi connectivity index (χ1v) is 7.38. The van der Waals surface area contributed by atoms with Crippen molar-refractivity contribution >= 4 is 0 Å². The first kappa shape index (κ1) is 17.1. The molecule has 0 spiro atoms. The fraction of sp³-hybridized carbons (Fsp3) is 0.278. The molecule has 0 unspecified atom stereocenters. The summed E-state index contributed by atoms with van der Waals surface area (Å²) in [5.74, 6) is -0.392. The van der Waals surface area contributed by atoms with Crippen LogP contribution in [0.4, 0.5) is 4.39 Å². The molecule has 4 nitrogen and oxygen atoms in total. The fourth-order valence-corrected chi connectivity index (χ4v) is 2.72. The summed E-state index contributed by atoms with van der Waals surface area (Å²) < 4.78 is 13.2. The van der Waals surface area contributed by atoms with Crippen LogP contribution in [-0.2, 0) is 12.2 Å². The monoisotopic (exact) mass is 314 g/mol. The summed E-state index contributed by atoms with van der Waals surface area (Å²) in [6.07, 6.45) is 0.882. The molecule has 0 amide bonds. The van der Waals surface area contributed by atoms with Crippen LogP contribution in [0.3, 0.4) is 0 Å². The highest BCUT2D eigenvalue weighted by atomic mass is 19.1. The van der Waals surface area contributed by atoms with Gasteiger partial charge in [-0.25, -0.2) is 4.39 Å². The maximum absolute atomic E-state index is 13.2. The highest BCUT2D eigenvalue weighted by molar-refractivity contribution is 5.45. The largest absolute Gasteiger partial charge is 0.392 e. The molecule has 4 N–H and O–H groups in total. The van der Waals surface area contributed by atoms with E-state index in [9.17, 15) is 14.6 Å². The Hall–Kier alpha value is -2.26. The lowest BCUT2D eigenvalue weighted by molar-refractivity contribution is 0.0669. The summed E-state index contributed by atoms with van der Waals surface area (Å²) in [6.45, 7) is 0.0885. The zero-order valence-corrected chi connectivity index (χ0v) is 12.7. The van der Waals surface area contributed by atoms with Crippen molar-refractivity contribution in [3.8, 4) is 6.07 Å². The molecule has 2 aromatic carbocycles. The lowest BCUT2D eigenvalue weighted by Crippen LogP contribution is -2.30. The van der Waals surface area contributed by atoms with Crippen LogP contribution in [0.15, 0.2) is 42.5 Å². The predicted octanol–water partition coefficient (Wildman–Crippen LogP) is 2.16. The molecule has 0 aliphatic heterocycles. The van der Waals surface area contributed by atoms with Crippen LogP contribution in [0.25, 0.3) is 0 Å². The maximum Gasteiger partial charge on any atom is 0.123 e. The molecule has 0 fully saturated rings. The van der Waals surface area contributed by atoms with Gasteiger partial charge in [0.05, 0.1) is 18.2 Å². The maximum atomic E-state index is 13.2. The second-order valence-electron chi connectivity index (χ2n) is 5.40. The van der Waals surface area contributed by atoms with E-state index >= 15 is 0 Å². The summed E-state index contributed by atoms with van der Waals surface area (Å²) in [6, 6.07) is 12.4. The van der Waals surface area contributed by atoms with Gasteiger partial charge >= 0.3 is 0 Å². The van der Waals surface area contributed by atoms with Gasteiger partial charge in [-0.3, -0.25) is 0 Å². The standard InChI is InChI=1S/C18H19FN2O2/c19-16-5-3-15(4-6-16)18(23,8-1-9-20)17-7-2-13(11-21)10-14(17)12-22/h2-7,10,22-23H,1,8-9,12,20H2/t18-/m1/s1. The quantitative estimate of drug-likeness (QED) is 0.762. The van der Waals surface area contributed by atoms with E-state index < -0.39 is 11.4 Å². The predicted molar refractivity (Wildman–Crippen MR) is 84.8 cm³/mol. The van der Waals surface area contributed by atoms with Crippen LogP contribution in [0.2, 0.25) is 0 Å². The number of nitrogens with two attached hydrogens (primary N) is 1. The molecule has 0 saturated heterocycles. The van der Waals surface area contributed by atoms with Crippen molar-refractivity contribution in [3.63, 3.8) is 0 Å². The van der Waals surface area contributed by atoms with Crippen molar-refractivity contribution < 1.29 is 14.6 Å². The van der Waals surface area contributed by atoms with Crippen molar-refractivity contribution in [1.82, 2.24) is 0 Å². The molecule has 0 radical (unpaired) electrons. The number of halogens is 1. The van der Waals surface area contributed by atoms with Crippen LogP contribution < -0.4 is 5.73 Å². The number of aliphatic hydroxyl groups excluding tert-OH is 1. The van der Waals surface area contributed by atoms with Crippen molar-refractivity contribution in [1.29, 1.82) is 5.26 Å². The van der Waals surface area contributed by atoms with Gasteiger partial charge in [0.15, 0.2) is 0 Å². The van der Waals surface area contributed by atoms with Gasteiger partial charge in [0.25, 0.3) is 0 Å². The number of aliphatic hydroxyl groups is 2. The van der Waals surface area contributed by atoms with Gasteiger partial charge < -0.3 is 15.9 Å². The minimum absolute atomic E-state index is 0.309.